The summed E-state index contributed by atoms with van der Waals surface area (Å²) < 4.78 is 32.2. The molecule has 0 aliphatic carbocycles. The van der Waals surface area contributed by atoms with Crippen molar-refractivity contribution in [1.82, 2.24) is 10.6 Å². The van der Waals surface area contributed by atoms with Crippen LogP contribution in [0, 0.1) is 0 Å². The van der Waals surface area contributed by atoms with E-state index in [1.54, 1.807) is 20.8 Å². The van der Waals surface area contributed by atoms with Gasteiger partial charge < -0.3 is 39.1 Å². The summed E-state index contributed by atoms with van der Waals surface area (Å²) in [7, 11) is 1.10. The van der Waals surface area contributed by atoms with Crippen LogP contribution in [0.5, 0.6) is 0 Å². The van der Waals surface area contributed by atoms with E-state index in [1.165, 1.54) is 19.9 Å². The Morgan fingerprint density at radius 3 is 2.05 bits per heavy atom. The van der Waals surface area contributed by atoms with Crippen LogP contribution in [0.1, 0.15) is 48.5 Å². The Hall–Kier alpha value is -3.68. The van der Waals surface area contributed by atoms with Gasteiger partial charge in [-0.05, 0) is 26.8 Å². The van der Waals surface area contributed by atoms with Crippen molar-refractivity contribution in [1.29, 1.82) is 0 Å². The van der Waals surface area contributed by atoms with Crippen molar-refractivity contribution in [2.45, 2.75) is 84.5 Å². The van der Waals surface area contributed by atoms with Crippen LogP contribution in [0.3, 0.4) is 0 Å². The molecule has 0 fully saturated rings. The SMILES string of the molecule is COC(=O)C1=C[C@H](OCC(=O)OC(C)(C)C)[C@@H](NC(C)=O)[C@H]([C@H](OC(C)=O)[C@@H](CNC(C)=O)OC(C)=O)O1. The van der Waals surface area contributed by atoms with Gasteiger partial charge in [-0.15, -0.1) is 0 Å². The molecule has 0 unspecified atom stereocenters. The normalized spacial score (nSPS) is 20.4. The Balaban J connectivity index is 3.55. The fraction of sp³-hybridized carbons (Fsp3) is 0.667. The first kappa shape index (κ1) is 32.3. The smallest absolute Gasteiger partial charge is 0.373 e. The molecule has 0 saturated carbocycles. The van der Waals surface area contributed by atoms with Crippen LogP contribution in [-0.4, -0.2) is 92.0 Å². The van der Waals surface area contributed by atoms with Gasteiger partial charge in [0, 0.05) is 27.7 Å². The highest BCUT2D eigenvalue weighted by Crippen LogP contribution is 2.28. The Labute approximate surface area is 220 Å². The van der Waals surface area contributed by atoms with Crippen LogP contribution in [0.25, 0.3) is 0 Å². The highest BCUT2D eigenvalue weighted by Gasteiger charge is 2.48. The minimum absolute atomic E-state index is 0.305. The Morgan fingerprint density at radius 1 is 0.974 bits per heavy atom. The van der Waals surface area contributed by atoms with E-state index in [0.717, 1.165) is 21.0 Å². The molecule has 0 bridgehead atoms. The molecule has 0 spiro atoms. The van der Waals surface area contributed by atoms with Gasteiger partial charge >= 0.3 is 23.9 Å². The van der Waals surface area contributed by atoms with Gasteiger partial charge in [0.1, 0.15) is 18.3 Å². The van der Waals surface area contributed by atoms with E-state index in [1.807, 2.05) is 0 Å². The van der Waals surface area contributed by atoms with E-state index in [0.29, 0.717) is 0 Å². The maximum absolute atomic E-state index is 12.4. The van der Waals surface area contributed by atoms with E-state index in [4.69, 9.17) is 28.4 Å². The summed E-state index contributed by atoms with van der Waals surface area (Å²) in [6, 6.07) is -1.18. The first-order valence-electron chi connectivity index (χ1n) is 11.7. The number of rotatable bonds is 11. The summed E-state index contributed by atoms with van der Waals surface area (Å²) in [6.07, 6.45) is -4.21. The number of carbonyl (C=O) groups is 6. The highest BCUT2D eigenvalue weighted by atomic mass is 16.6. The van der Waals surface area contributed by atoms with Gasteiger partial charge in [0.25, 0.3) is 0 Å². The molecule has 14 nitrogen and oxygen atoms in total. The zero-order valence-corrected chi connectivity index (χ0v) is 22.8. The molecule has 1 aliphatic rings. The number of hydrogen-bond acceptors (Lipinski definition) is 12. The topological polar surface area (TPSA) is 182 Å². The molecular weight excluding hydrogens is 508 g/mol. The van der Waals surface area contributed by atoms with Gasteiger partial charge in [0.15, 0.2) is 18.3 Å². The van der Waals surface area contributed by atoms with Crippen LogP contribution in [0.15, 0.2) is 11.8 Å². The molecule has 0 radical (unpaired) electrons. The van der Waals surface area contributed by atoms with Crippen molar-refractivity contribution < 1.29 is 57.2 Å². The second kappa shape index (κ2) is 14.3. The van der Waals surface area contributed by atoms with E-state index >= 15 is 0 Å². The largest absolute Gasteiger partial charge is 0.477 e. The first-order chi connectivity index (χ1) is 17.5. The lowest BCUT2D eigenvalue weighted by Crippen LogP contribution is -2.62. The number of ether oxygens (including phenoxy) is 6. The Morgan fingerprint density at radius 2 is 1.58 bits per heavy atom. The molecular formula is C24H36N2O12. The lowest BCUT2D eigenvalue weighted by atomic mass is 9.92. The summed E-state index contributed by atoms with van der Waals surface area (Å²) in [5, 5.41) is 5.07. The Bertz CT molecular complexity index is 939. The predicted molar refractivity (Wildman–Crippen MR) is 128 cm³/mol. The Kier molecular flexibility index (Phi) is 12.2. The van der Waals surface area contributed by atoms with Crippen molar-refractivity contribution >= 4 is 35.7 Å². The molecule has 2 amide bonds. The van der Waals surface area contributed by atoms with Crippen LogP contribution < -0.4 is 10.6 Å². The average molecular weight is 545 g/mol. The molecule has 38 heavy (non-hydrogen) atoms. The van der Waals surface area contributed by atoms with Crippen molar-refractivity contribution in [3.05, 3.63) is 11.8 Å². The van der Waals surface area contributed by atoms with Crippen LogP contribution in [0.2, 0.25) is 0 Å². The van der Waals surface area contributed by atoms with Gasteiger partial charge in [-0.25, -0.2) is 9.59 Å². The van der Waals surface area contributed by atoms with Crippen molar-refractivity contribution in [3.8, 4) is 0 Å². The number of methoxy groups -OCH3 is 1. The quantitative estimate of drug-likeness (QED) is 0.256. The van der Waals surface area contributed by atoms with Crippen molar-refractivity contribution in [2.75, 3.05) is 20.3 Å². The molecule has 1 aliphatic heterocycles. The van der Waals surface area contributed by atoms with Crippen LogP contribution in [-0.2, 0) is 57.2 Å². The van der Waals surface area contributed by atoms with Gasteiger partial charge in [-0.1, -0.05) is 0 Å². The lowest BCUT2D eigenvalue weighted by Gasteiger charge is -2.41. The van der Waals surface area contributed by atoms with Gasteiger partial charge in [0.2, 0.25) is 17.6 Å². The van der Waals surface area contributed by atoms with Crippen molar-refractivity contribution in [2.24, 2.45) is 0 Å². The average Bonchev–Trinajstić information content (AvgIpc) is 2.77. The van der Waals surface area contributed by atoms with Crippen molar-refractivity contribution in [3.63, 3.8) is 0 Å². The number of esters is 4. The molecule has 214 valence electrons. The van der Waals surface area contributed by atoms with Crippen LogP contribution in [0.4, 0.5) is 0 Å². The fourth-order valence-electron chi connectivity index (χ4n) is 3.50. The summed E-state index contributed by atoms with van der Waals surface area (Å²) in [5.41, 5.74) is -0.801. The number of carbonyl (C=O) groups excluding carboxylic acids is 6. The fourth-order valence-corrected chi connectivity index (χ4v) is 3.50. The third-order valence-electron chi connectivity index (χ3n) is 4.72. The standard InChI is InChI=1S/C24H36N2O12/c1-12(27)25-10-18(35-14(3)29)21(36-15(4)30)22-20(26-13(2)28)16(9-17(37-22)23(32)33-8)34-11-19(31)38-24(5,6)7/h9,16,18,20-22H,10-11H2,1-8H3,(H,25,27)(H,26,28)/t16-,18+,20+,21+,22+/m0/s1. The number of nitrogens with one attached hydrogen (secondary N) is 2. The molecule has 2 N–H and O–H groups in total. The zero-order valence-electron chi connectivity index (χ0n) is 22.8. The molecule has 0 saturated heterocycles. The summed E-state index contributed by atoms with van der Waals surface area (Å²) in [4.78, 5) is 72.3. The first-order valence-corrected chi connectivity index (χ1v) is 11.7. The molecule has 14 heteroatoms. The van der Waals surface area contributed by atoms with Crippen LogP contribution >= 0.6 is 0 Å². The summed E-state index contributed by atoms with van der Waals surface area (Å²) >= 11 is 0. The third kappa shape index (κ3) is 11.2. The predicted octanol–water partition coefficient (Wildman–Crippen LogP) is -0.327. The molecule has 0 aromatic heterocycles. The minimum atomic E-state index is -1.47. The molecule has 0 aromatic carbocycles. The molecule has 5 atom stereocenters. The molecule has 1 rings (SSSR count). The van der Waals surface area contributed by atoms with E-state index in [9.17, 15) is 28.8 Å². The van der Waals surface area contributed by atoms with E-state index in [-0.39, 0.29) is 12.3 Å². The second-order valence-corrected chi connectivity index (χ2v) is 9.35. The molecule has 0 aromatic rings. The number of amides is 2. The van der Waals surface area contributed by atoms with Gasteiger partial charge in [0.05, 0.1) is 19.7 Å². The van der Waals surface area contributed by atoms with Gasteiger partial charge in [-0.2, -0.15) is 0 Å². The number of hydrogen-bond donors (Lipinski definition) is 2. The zero-order chi connectivity index (χ0) is 29.2. The monoisotopic (exact) mass is 544 g/mol. The lowest BCUT2D eigenvalue weighted by molar-refractivity contribution is -0.185. The van der Waals surface area contributed by atoms with E-state index in [2.05, 4.69) is 10.6 Å². The second-order valence-electron chi connectivity index (χ2n) is 9.35. The minimum Gasteiger partial charge on any atom is -0.477 e. The summed E-state index contributed by atoms with van der Waals surface area (Å²) in [5.74, 6) is -4.67. The van der Waals surface area contributed by atoms with E-state index < -0.39 is 78.4 Å². The third-order valence-corrected chi connectivity index (χ3v) is 4.72. The molecule has 1 heterocycles. The summed E-state index contributed by atoms with van der Waals surface area (Å²) in [6.45, 7) is 8.72. The van der Waals surface area contributed by atoms with Gasteiger partial charge in [-0.3, -0.25) is 19.2 Å². The maximum atomic E-state index is 12.4. The maximum Gasteiger partial charge on any atom is 0.373 e. The highest BCUT2D eigenvalue weighted by molar-refractivity contribution is 5.86.